The van der Waals surface area contributed by atoms with Crippen LogP contribution >= 0.6 is 0 Å². The Balaban J connectivity index is 0.000000148. The molecule has 4 aromatic carbocycles. The molecule has 8 amide bonds. The van der Waals surface area contributed by atoms with Gasteiger partial charge in [0.1, 0.15) is 85.9 Å². The summed E-state index contributed by atoms with van der Waals surface area (Å²) in [5, 5.41) is 86.0. The second-order valence-corrected chi connectivity index (χ2v) is 34.4. The maximum absolute atomic E-state index is 14.7. The van der Waals surface area contributed by atoms with E-state index in [-0.39, 0.29) is 151 Å². The number of nitrogens with zero attached hydrogens (tertiary/aromatic N) is 13. The number of nitrogens with one attached hydrogen (secondary N) is 4. The van der Waals surface area contributed by atoms with Gasteiger partial charge >= 0.3 is 11.8 Å². The number of piperidine rings is 4. The number of carbonyl (C=O) groups is 8. The highest BCUT2D eigenvalue weighted by atomic mass is 19.3. The fourth-order valence-electron chi connectivity index (χ4n) is 16.2. The van der Waals surface area contributed by atoms with Gasteiger partial charge < -0.3 is 85.0 Å². The quantitative estimate of drug-likeness (QED) is 0.0233. The maximum atomic E-state index is 14.7. The number of aromatic nitrogens is 5. The van der Waals surface area contributed by atoms with Crippen molar-refractivity contribution in [2.45, 2.75) is 138 Å². The number of hydrogen-bond donors (Lipinski definition) is 8. The van der Waals surface area contributed by atoms with Crippen molar-refractivity contribution in [3.05, 3.63) is 192 Å². The Bertz CT molecular complexity index is 6200. The monoisotopic (exact) mass is 1890 g/mol. The molecule has 4 saturated carbocycles. The van der Waals surface area contributed by atoms with Crippen LogP contribution in [0.3, 0.4) is 0 Å². The van der Waals surface area contributed by atoms with Gasteiger partial charge in [-0.15, -0.1) is 0 Å². The Morgan fingerprint density at radius 3 is 1.14 bits per heavy atom. The van der Waals surface area contributed by atoms with Crippen LogP contribution in [0.5, 0.6) is 28.9 Å². The van der Waals surface area contributed by atoms with E-state index in [1.807, 2.05) is 31.2 Å². The third-order valence-corrected chi connectivity index (χ3v) is 24.5. The molecular formula is C99H98F5N17O17. The standard InChI is InChI=1S/C29H27F2N5O5.C24H26N4O4.C23H22F2N4O4.C23H23FN4O4/c1-40-26-5-3-18(14-34-26)21-12-22(21)28(39)35-20-6-8-33-23(11-20)17-2-4-24(19(10-17)13-32)41-25-7-9-36(27(38)15-37)16-29(25,30)31;1-15-10-20(7-9-28(15)23(30)14-29)32-22-5-4-17(11-18(22)13-25)21-12-19(6-8-26-21)27-24(31)16-2-3-16;24-23(25)13-29(21(31)12-30)8-6-20(23)33-19-4-3-15(9-16(19)11-26)18-10-17(5-7-27-18)28-22(32)14-1-2-14;24-18-12-28(22(30)13-29)8-6-21(18)32-20-4-3-15(9-16(20)11-25)19-10-17(5-7-26-19)27-23(31)14-1-2-14/h2-6,8,10-11,14,21-22,25,37H,7,9,12,15-16H2,1H3,(H,33,35,39);4-6,8,11-12,15-16,20,29H,2-3,7,9-10,14H2,1H3,(H,26,27,31);3-5,7,9-10,14,20,30H,1-2,6,8,12-13H2,(H,27,28,32);3-5,7,9-10,14,18,21,29H,1-2,6,8,12-13H2,(H,26,27,31)/t21-,22+,25-;15-,20-;20-;18-,21-/m0011/s1. The van der Waals surface area contributed by atoms with E-state index in [2.05, 4.69) is 58.3 Å². The van der Waals surface area contributed by atoms with Crippen LogP contribution in [0.2, 0.25) is 0 Å². The Hall–Kier alpha value is -15.2. The Morgan fingerprint density at radius 1 is 0.428 bits per heavy atom. The molecule has 8 N–H and O–H groups in total. The number of methoxy groups -OCH3 is 1. The number of pyridine rings is 5. The summed E-state index contributed by atoms with van der Waals surface area (Å²) < 4.78 is 101. The van der Waals surface area contributed by atoms with E-state index < -0.39 is 93.6 Å². The molecule has 9 heterocycles. The lowest BCUT2D eigenvalue weighted by Gasteiger charge is -2.38. The molecule has 39 heteroatoms. The van der Waals surface area contributed by atoms with Gasteiger partial charge in [0.15, 0.2) is 18.4 Å². The largest absolute Gasteiger partial charge is 0.489 e. The molecule has 4 aliphatic heterocycles. The minimum absolute atomic E-state index is 0.000637. The van der Waals surface area contributed by atoms with Crippen molar-refractivity contribution in [2.75, 3.05) is 101 Å². The second-order valence-electron chi connectivity index (χ2n) is 34.4. The summed E-state index contributed by atoms with van der Waals surface area (Å²) >= 11 is 0. The zero-order valence-electron chi connectivity index (χ0n) is 75.0. The molecule has 8 fully saturated rings. The van der Waals surface area contributed by atoms with Crippen LogP contribution in [-0.2, 0) is 38.4 Å². The van der Waals surface area contributed by atoms with Crippen molar-refractivity contribution >= 4 is 70.0 Å². The van der Waals surface area contributed by atoms with E-state index >= 15 is 0 Å². The molecule has 8 aliphatic rings. The lowest BCUT2D eigenvalue weighted by Crippen LogP contribution is -2.55. The highest BCUT2D eigenvalue weighted by molar-refractivity contribution is 5.97. The minimum atomic E-state index is -3.37. The lowest BCUT2D eigenvalue weighted by molar-refractivity contribution is -0.162. The molecule has 4 aliphatic carbocycles. The van der Waals surface area contributed by atoms with Crippen LogP contribution in [0.4, 0.5) is 44.7 Å². The van der Waals surface area contributed by atoms with Gasteiger partial charge in [0.05, 0.1) is 71.8 Å². The fraction of sp³-hybridized carbons (Fsp3) is 0.384. The average Bonchev–Trinajstić information content (AvgIpc) is 1.54. The molecular weight excluding hydrogens is 1790 g/mol. The third-order valence-electron chi connectivity index (χ3n) is 24.5. The van der Waals surface area contributed by atoms with Crippen LogP contribution in [0, 0.1) is 69.0 Å². The number of nitriles is 4. The van der Waals surface area contributed by atoms with Gasteiger partial charge in [-0.3, -0.25) is 58.3 Å². The smallest absolute Gasteiger partial charge is 0.301 e. The first kappa shape index (κ1) is 98.8. The van der Waals surface area contributed by atoms with E-state index in [4.69, 9.17) is 44.1 Å². The van der Waals surface area contributed by atoms with Crippen molar-refractivity contribution in [1.29, 1.82) is 21.0 Å². The number of carbonyl (C=O) groups excluding carboxylic acids is 8. The number of aliphatic hydroxyl groups is 4. The predicted molar refractivity (Wildman–Crippen MR) is 487 cm³/mol. The zero-order valence-corrected chi connectivity index (χ0v) is 75.0. The van der Waals surface area contributed by atoms with Gasteiger partial charge in [-0.05, 0) is 185 Å². The van der Waals surface area contributed by atoms with Crippen LogP contribution in [0.25, 0.3) is 45.0 Å². The number of ether oxygens (including phenoxy) is 5. The van der Waals surface area contributed by atoms with Crippen molar-refractivity contribution in [3.63, 3.8) is 0 Å². The number of halogens is 5. The molecule has 0 spiro atoms. The number of anilines is 4. The number of likely N-dealkylation sites (tertiary alicyclic amines) is 4. The molecule has 17 rings (SSSR count). The number of aliphatic hydroxyl groups excluding tert-OH is 4. The van der Waals surface area contributed by atoms with Crippen molar-refractivity contribution in [3.8, 4) is 98.2 Å². The van der Waals surface area contributed by atoms with Gasteiger partial charge in [0, 0.05) is 170 Å². The lowest BCUT2D eigenvalue weighted by atomic mass is 10.00. The average molecular weight is 1890 g/mol. The van der Waals surface area contributed by atoms with Crippen LogP contribution < -0.4 is 45.0 Å². The molecule has 4 saturated heterocycles. The topological polar surface area (TPSA) is 484 Å². The first-order valence-electron chi connectivity index (χ1n) is 44.9. The molecule has 138 heavy (non-hydrogen) atoms. The predicted octanol–water partition coefficient (Wildman–Crippen LogP) is 10.9. The molecule has 0 bridgehead atoms. The molecule has 716 valence electrons. The zero-order chi connectivity index (χ0) is 98.1. The molecule has 0 unspecified atom stereocenters. The van der Waals surface area contributed by atoms with Crippen molar-refractivity contribution < 1.29 is 104 Å². The van der Waals surface area contributed by atoms with E-state index in [9.17, 15) is 81.4 Å². The van der Waals surface area contributed by atoms with Gasteiger partial charge in [-0.2, -0.15) is 21.0 Å². The minimum Gasteiger partial charge on any atom is -0.489 e. The molecule has 34 nitrogen and oxygen atoms in total. The highest BCUT2D eigenvalue weighted by Crippen LogP contribution is 2.49. The number of rotatable bonds is 26. The first-order valence-corrected chi connectivity index (χ1v) is 44.9. The number of alkyl halides is 5. The molecule has 8 atom stereocenters. The van der Waals surface area contributed by atoms with Gasteiger partial charge in [-0.25, -0.2) is 26.9 Å². The van der Waals surface area contributed by atoms with Crippen LogP contribution in [0.1, 0.15) is 118 Å². The van der Waals surface area contributed by atoms with E-state index in [1.54, 1.807) is 128 Å². The van der Waals surface area contributed by atoms with E-state index in [0.29, 0.717) is 105 Å². The molecule has 9 aromatic rings. The Morgan fingerprint density at radius 2 is 0.797 bits per heavy atom. The summed E-state index contributed by atoms with van der Waals surface area (Å²) in [6.07, 6.45) is 9.97. The van der Waals surface area contributed by atoms with E-state index in [1.165, 1.54) is 41.6 Å². The second kappa shape index (κ2) is 44.5. The summed E-state index contributed by atoms with van der Waals surface area (Å²) in [5.41, 5.74) is 8.88. The highest BCUT2D eigenvalue weighted by Gasteiger charge is 2.50. The van der Waals surface area contributed by atoms with E-state index in [0.717, 1.165) is 59.5 Å². The summed E-state index contributed by atoms with van der Waals surface area (Å²) in [7, 11) is 1.54. The van der Waals surface area contributed by atoms with Crippen LogP contribution in [-0.4, -0.2) is 240 Å². The fourth-order valence-corrected chi connectivity index (χ4v) is 16.2. The molecule has 5 aromatic heterocycles. The Kier molecular flexibility index (Phi) is 31.9. The first-order chi connectivity index (χ1) is 66.5. The summed E-state index contributed by atoms with van der Waals surface area (Å²) in [4.78, 5) is 122. The van der Waals surface area contributed by atoms with Gasteiger partial charge in [0.25, 0.3) is 0 Å². The van der Waals surface area contributed by atoms with Crippen molar-refractivity contribution in [1.82, 2.24) is 44.5 Å². The summed E-state index contributed by atoms with van der Waals surface area (Å²) in [6, 6.07) is 44.8. The van der Waals surface area contributed by atoms with Gasteiger partial charge in [-0.1, -0.05) is 6.07 Å². The summed E-state index contributed by atoms with van der Waals surface area (Å²) in [6.45, 7) is -1.99. The number of amides is 8. The van der Waals surface area contributed by atoms with Crippen molar-refractivity contribution in [2.24, 2.45) is 23.7 Å². The number of hydrogen-bond acceptors (Lipinski definition) is 26. The maximum Gasteiger partial charge on any atom is 0.301 e. The number of benzene rings is 4. The summed E-state index contributed by atoms with van der Waals surface area (Å²) in [5.74, 6) is -7.79. The Labute approximate surface area is 789 Å². The van der Waals surface area contributed by atoms with Crippen LogP contribution in [0.15, 0.2) is 164 Å². The molecule has 0 radical (unpaired) electrons. The normalized spacial score (nSPS) is 20.3. The SMILES string of the molecule is COc1ccc([C@@H]2C[C@H]2C(=O)Nc2ccnc(-c3ccc(O[C@H]4CCN(C(=O)CO)CC4(F)F)c(C#N)c3)c2)cn1.C[C@H]1C[C@@H](Oc2ccc(-c3cc(NC(=O)C4CC4)ccn3)cc2C#N)CCN1C(=O)CO.N#Cc1cc(-c2cc(NC(=O)C3CC3)ccn2)ccc1O[C@@H]1CCN(C(=O)CO)CC1(F)F.N#Cc1cc(-c2cc(NC(=O)C3CC3)ccn2)ccc1O[C@@H]1CCN(C(=O)CO)C[C@H]1F. The van der Waals surface area contributed by atoms with Gasteiger partial charge in [0.2, 0.25) is 53.1 Å². The third kappa shape index (κ3) is 25.3.